The van der Waals surface area contributed by atoms with Gasteiger partial charge in [-0.1, -0.05) is 0 Å². The maximum absolute atomic E-state index is 12.8. The van der Waals surface area contributed by atoms with Crippen molar-refractivity contribution in [3.63, 3.8) is 0 Å². The van der Waals surface area contributed by atoms with Crippen LogP contribution in [0.25, 0.3) is 0 Å². The van der Waals surface area contributed by atoms with Crippen LogP contribution in [0.1, 0.15) is 0 Å². The molecule has 1 fully saturated rings. The average Bonchev–Trinajstić information content (AvgIpc) is 2.08. The highest BCUT2D eigenvalue weighted by Crippen LogP contribution is 2.21. The van der Waals surface area contributed by atoms with E-state index in [1.165, 1.54) is 0 Å². The van der Waals surface area contributed by atoms with E-state index in [4.69, 9.17) is 20.4 Å². The number of halogens is 1. The van der Waals surface area contributed by atoms with Crippen molar-refractivity contribution in [1.29, 1.82) is 0 Å². The van der Waals surface area contributed by atoms with Crippen molar-refractivity contribution in [3.05, 3.63) is 0 Å². The zero-order chi connectivity index (χ0) is 9.30. The smallest absolute Gasteiger partial charge is 0.184 e. The largest absolute Gasteiger partial charge is 0.394 e. The normalized spacial score (nSPS) is 49.2. The van der Waals surface area contributed by atoms with Gasteiger partial charge in [0.25, 0.3) is 0 Å². The molecule has 1 aliphatic rings. The van der Waals surface area contributed by atoms with Gasteiger partial charge in [0.2, 0.25) is 0 Å². The Morgan fingerprint density at radius 3 is 2.25 bits per heavy atom. The van der Waals surface area contributed by atoms with E-state index >= 15 is 0 Å². The molecule has 5 atom stereocenters. The summed E-state index contributed by atoms with van der Waals surface area (Å²) >= 11 is 0. The van der Waals surface area contributed by atoms with E-state index in [2.05, 4.69) is 4.74 Å². The third-order valence-electron chi connectivity index (χ3n) is 1.82. The number of alkyl halides is 1. The van der Waals surface area contributed by atoms with E-state index in [1.807, 2.05) is 0 Å². The van der Waals surface area contributed by atoms with Gasteiger partial charge in [-0.2, -0.15) is 0 Å². The van der Waals surface area contributed by atoms with E-state index in [-0.39, 0.29) is 0 Å². The van der Waals surface area contributed by atoms with Crippen LogP contribution >= 0.6 is 0 Å². The molecule has 0 bridgehead atoms. The number of hydrogen-bond donors (Lipinski definition) is 4. The van der Waals surface area contributed by atoms with Gasteiger partial charge in [-0.05, 0) is 0 Å². The van der Waals surface area contributed by atoms with Crippen LogP contribution in [0.3, 0.4) is 0 Å². The average molecular weight is 182 g/mol. The van der Waals surface area contributed by atoms with Crippen LogP contribution in [0, 0.1) is 0 Å². The predicted octanol–water partition coefficient (Wildman–Crippen LogP) is -2.24. The highest BCUT2D eigenvalue weighted by Gasteiger charge is 2.43. The Morgan fingerprint density at radius 2 is 1.75 bits per heavy atom. The summed E-state index contributed by atoms with van der Waals surface area (Å²) in [5.74, 6) is 0. The minimum absolute atomic E-state index is 0.606. The van der Waals surface area contributed by atoms with E-state index in [9.17, 15) is 4.39 Å². The van der Waals surface area contributed by atoms with Crippen molar-refractivity contribution in [2.45, 2.75) is 30.8 Å². The highest BCUT2D eigenvalue weighted by molar-refractivity contribution is 4.88. The first-order valence-corrected chi connectivity index (χ1v) is 3.52. The van der Waals surface area contributed by atoms with Crippen molar-refractivity contribution >= 4 is 0 Å². The monoisotopic (exact) mass is 182 g/mol. The van der Waals surface area contributed by atoms with Crippen LogP contribution in [0.15, 0.2) is 0 Å². The van der Waals surface area contributed by atoms with Crippen LogP contribution in [-0.4, -0.2) is 57.8 Å². The lowest BCUT2D eigenvalue weighted by Gasteiger charge is -2.36. The number of aliphatic hydroxyl groups is 4. The Balaban J connectivity index is 2.63. The van der Waals surface area contributed by atoms with Gasteiger partial charge in [-0.15, -0.1) is 0 Å². The maximum Gasteiger partial charge on any atom is 0.184 e. The van der Waals surface area contributed by atoms with Gasteiger partial charge in [0.05, 0.1) is 6.61 Å². The number of hydrogen-bond acceptors (Lipinski definition) is 5. The zero-order valence-electron chi connectivity index (χ0n) is 6.17. The molecule has 0 amide bonds. The Labute approximate surface area is 68.0 Å². The van der Waals surface area contributed by atoms with Crippen LogP contribution in [0.5, 0.6) is 0 Å². The van der Waals surface area contributed by atoms with Gasteiger partial charge in [0, 0.05) is 0 Å². The Hall–Kier alpha value is -0.270. The van der Waals surface area contributed by atoms with Gasteiger partial charge in [-0.25, -0.2) is 4.39 Å². The van der Waals surface area contributed by atoms with Gasteiger partial charge in [0.15, 0.2) is 12.5 Å². The lowest BCUT2D eigenvalue weighted by Crippen LogP contribution is -2.56. The van der Waals surface area contributed by atoms with E-state index in [0.717, 1.165) is 0 Å². The van der Waals surface area contributed by atoms with Gasteiger partial charge >= 0.3 is 0 Å². The van der Waals surface area contributed by atoms with E-state index in [0.29, 0.717) is 0 Å². The van der Waals surface area contributed by atoms with Crippen LogP contribution < -0.4 is 0 Å². The molecule has 0 radical (unpaired) electrons. The molecule has 0 aliphatic carbocycles. The standard InChI is InChI=1S/C6H11FO5/c7-3-4(9)2(1-8)12-6(11)5(3)10/h2-6,8-11H,1H2/t2-,3+,4-,5+,6?/m1/s1. The molecule has 4 N–H and O–H groups in total. The second-order valence-electron chi connectivity index (χ2n) is 2.67. The molecule has 5 nitrogen and oxygen atoms in total. The van der Waals surface area contributed by atoms with Crippen LogP contribution in [-0.2, 0) is 4.74 Å². The second kappa shape index (κ2) is 3.63. The minimum Gasteiger partial charge on any atom is -0.394 e. The fraction of sp³-hybridized carbons (Fsp3) is 1.00. The number of rotatable bonds is 1. The third-order valence-corrected chi connectivity index (χ3v) is 1.82. The molecular formula is C6H11FO5. The molecule has 1 heterocycles. The van der Waals surface area contributed by atoms with Gasteiger partial charge in [0.1, 0.15) is 18.3 Å². The Morgan fingerprint density at radius 1 is 1.17 bits per heavy atom. The summed E-state index contributed by atoms with van der Waals surface area (Å²) in [4.78, 5) is 0. The van der Waals surface area contributed by atoms with Crippen molar-refractivity contribution < 1.29 is 29.6 Å². The third kappa shape index (κ3) is 1.57. The fourth-order valence-corrected chi connectivity index (χ4v) is 1.06. The maximum atomic E-state index is 12.8. The summed E-state index contributed by atoms with van der Waals surface area (Å²) in [7, 11) is 0. The number of ether oxygens (including phenoxy) is 1. The topological polar surface area (TPSA) is 90.2 Å². The molecule has 12 heavy (non-hydrogen) atoms. The summed E-state index contributed by atoms with van der Waals surface area (Å²) < 4.78 is 17.3. The van der Waals surface area contributed by atoms with E-state index in [1.54, 1.807) is 0 Å². The summed E-state index contributed by atoms with van der Waals surface area (Å²) in [5.41, 5.74) is 0. The first kappa shape index (κ1) is 9.82. The molecule has 0 aromatic heterocycles. The van der Waals surface area contributed by atoms with Crippen LogP contribution in [0.4, 0.5) is 4.39 Å². The summed E-state index contributed by atoms with van der Waals surface area (Å²) in [5, 5.41) is 35.2. The summed E-state index contributed by atoms with van der Waals surface area (Å²) in [6, 6.07) is 0. The van der Waals surface area contributed by atoms with Crippen molar-refractivity contribution in [2.24, 2.45) is 0 Å². The molecule has 1 aliphatic heterocycles. The lowest BCUT2D eigenvalue weighted by atomic mass is 10.0. The summed E-state index contributed by atoms with van der Waals surface area (Å²) in [6.07, 6.45) is -8.24. The molecule has 1 saturated heterocycles. The number of aliphatic hydroxyl groups excluding tert-OH is 4. The molecule has 1 rings (SSSR count). The second-order valence-corrected chi connectivity index (χ2v) is 2.67. The summed E-state index contributed by atoms with van der Waals surface area (Å²) in [6.45, 7) is -0.606. The van der Waals surface area contributed by atoms with Gasteiger partial charge in [-0.3, -0.25) is 0 Å². The highest BCUT2D eigenvalue weighted by atomic mass is 19.1. The van der Waals surface area contributed by atoms with Gasteiger partial charge < -0.3 is 25.2 Å². The van der Waals surface area contributed by atoms with Crippen LogP contribution in [0.2, 0.25) is 0 Å². The lowest BCUT2D eigenvalue weighted by molar-refractivity contribution is -0.274. The Kier molecular flexibility index (Phi) is 2.97. The minimum atomic E-state index is -1.99. The molecular weight excluding hydrogens is 171 g/mol. The molecule has 0 aromatic carbocycles. The quantitative estimate of drug-likeness (QED) is 0.368. The molecule has 6 heteroatoms. The van der Waals surface area contributed by atoms with Crippen molar-refractivity contribution in [1.82, 2.24) is 0 Å². The van der Waals surface area contributed by atoms with Crippen molar-refractivity contribution in [3.8, 4) is 0 Å². The molecule has 0 spiro atoms. The Bertz CT molecular complexity index is 150. The molecule has 72 valence electrons. The fourth-order valence-electron chi connectivity index (χ4n) is 1.06. The van der Waals surface area contributed by atoms with Crippen molar-refractivity contribution in [2.75, 3.05) is 6.61 Å². The molecule has 0 aromatic rings. The van der Waals surface area contributed by atoms with E-state index < -0.39 is 37.4 Å². The molecule has 1 unspecified atom stereocenters. The first-order valence-electron chi connectivity index (χ1n) is 3.52. The molecule has 0 saturated carbocycles. The zero-order valence-corrected chi connectivity index (χ0v) is 6.17. The SMILES string of the molecule is OC[C@H]1OC(O)[C@@H](O)[C@@H](F)[C@@H]1O. The predicted molar refractivity (Wildman–Crippen MR) is 34.9 cm³/mol. The first-order chi connectivity index (χ1) is 5.57.